The van der Waals surface area contributed by atoms with Crippen molar-refractivity contribution in [1.82, 2.24) is 4.90 Å². The molecular formula is C23H22BrNO3S. The Morgan fingerprint density at radius 3 is 2.72 bits per heavy atom. The summed E-state index contributed by atoms with van der Waals surface area (Å²) < 4.78 is 12.1. The molecule has 150 valence electrons. The number of carbonyl (C=O) groups excluding carboxylic acids is 1. The van der Waals surface area contributed by atoms with Gasteiger partial charge in [-0.05, 0) is 57.4 Å². The van der Waals surface area contributed by atoms with Gasteiger partial charge in [-0.3, -0.25) is 4.79 Å². The van der Waals surface area contributed by atoms with Crippen molar-refractivity contribution in [1.29, 1.82) is 0 Å². The van der Waals surface area contributed by atoms with Crippen LogP contribution < -0.4 is 9.47 Å². The molecule has 0 radical (unpaired) electrons. The first-order valence-corrected chi connectivity index (χ1v) is 11.4. The van der Waals surface area contributed by atoms with Gasteiger partial charge in [0, 0.05) is 12.3 Å². The number of hydrogen-bond donors (Lipinski definition) is 0. The zero-order chi connectivity index (χ0) is 20.4. The normalized spacial score (nSPS) is 16.2. The lowest BCUT2D eigenvalue weighted by Crippen LogP contribution is -2.31. The minimum Gasteiger partial charge on any atom is -0.496 e. The molecule has 4 rings (SSSR count). The zero-order valence-electron chi connectivity index (χ0n) is 16.4. The highest BCUT2D eigenvalue weighted by molar-refractivity contribution is 9.10. The van der Waals surface area contributed by atoms with Gasteiger partial charge in [0.1, 0.15) is 16.9 Å². The number of rotatable bonds is 5. The molecule has 0 saturated carbocycles. The molecule has 0 aromatic heterocycles. The van der Waals surface area contributed by atoms with E-state index in [2.05, 4.69) is 15.9 Å². The minimum absolute atomic E-state index is 0.00666. The van der Waals surface area contributed by atoms with Crippen LogP contribution in [0.25, 0.3) is 10.8 Å². The molecule has 1 fully saturated rings. The van der Waals surface area contributed by atoms with Crippen molar-refractivity contribution in [2.24, 2.45) is 0 Å². The Balaban J connectivity index is 1.75. The second kappa shape index (κ2) is 8.67. The summed E-state index contributed by atoms with van der Waals surface area (Å²) in [6.45, 7) is 3.15. The average molecular weight is 472 g/mol. The summed E-state index contributed by atoms with van der Waals surface area (Å²) in [5.74, 6) is 2.33. The molecule has 1 aliphatic heterocycles. The molecule has 3 aromatic carbocycles. The Bertz CT molecular complexity index is 1060. The number of halogens is 1. The molecule has 29 heavy (non-hydrogen) atoms. The van der Waals surface area contributed by atoms with Crippen molar-refractivity contribution >= 4 is 44.4 Å². The topological polar surface area (TPSA) is 38.8 Å². The minimum atomic E-state index is -0.0434. The third-order valence-electron chi connectivity index (χ3n) is 5.02. The second-order valence-electron chi connectivity index (χ2n) is 6.71. The highest BCUT2D eigenvalue weighted by Gasteiger charge is 2.33. The van der Waals surface area contributed by atoms with E-state index in [4.69, 9.17) is 9.47 Å². The number of amides is 1. The second-order valence-corrected chi connectivity index (χ2v) is 8.75. The molecule has 1 heterocycles. The first-order chi connectivity index (χ1) is 14.1. The average Bonchev–Trinajstić information content (AvgIpc) is 3.23. The van der Waals surface area contributed by atoms with E-state index in [0.717, 1.165) is 32.3 Å². The molecule has 6 heteroatoms. The molecule has 1 amide bonds. The fourth-order valence-corrected chi connectivity index (χ4v) is 5.49. The summed E-state index contributed by atoms with van der Waals surface area (Å²) in [5, 5.41) is 1.92. The van der Waals surface area contributed by atoms with Crippen LogP contribution in [-0.4, -0.2) is 36.8 Å². The first kappa shape index (κ1) is 20.1. The molecule has 1 saturated heterocycles. The lowest BCUT2D eigenvalue weighted by molar-refractivity contribution is 0.0758. The van der Waals surface area contributed by atoms with Gasteiger partial charge in [0.05, 0.1) is 23.8 Å². The van der Waals surface area contributed by atoms with Crippen LogP contribution in [0.4, 0.5) is 0 Å². The number of hydrogen-bond acceptors (Lipinski definition) is 4. The molecule has 1 atom stereocenters. The number of methoxy groups -OCH3 is 1. The Morgan fingerprint density at radius 1 is 1.17 bits per heavy atom. The molecule has 4 nitrogen and oxygen atoms in total. The van der Waals surface area contributed by atoms with E-state index < -0.39 is 0 Å². The number of benzene rings is 3. The number of carbonyl (C=O) groups is 1. The highest BCUT2D eigenvalue weighted by atomic mass is 79.9. The number of fused-ring (bicyclic) bond motifs is 1. The smallest absolute Gasteiger partial charge is 0.259 e. The van der Waals surface area contributed by atoms with E-state index in [0.29, 0.717) is 24.5 Å². The van der Waals surface area contributed by atoms with Gasteiger partial charge in [-0.2, -0.15) is 0 Å². The highest BCUT2D eigenvalue weighted by Crippen LogP contribution is 2.42. The van der Waals surface area contributed by atoms with E-state index >= 15 is 0 Å². The van der Waals surface area contributed by atoms with Gasteiger partial charge < -0.3 is 14.4 Å². The van der Waals surface area contributed by atoms with Crippen molar-refractivity contribution in [2.75, 3.05) is 26.0 Å². The summed E-state index contributed by atoms with van der Waals surface area (Å²) in [6, 6.07) is 17.9. The van der Waals surface area contributed by atoms with Crippen molar-refractivity contribution in [3.05, 3.63) is 70.2 Å². The monoisotopic (exact) mass is 471 g/mol. The van der Waals surface area contributed by atoms with Gasteiger partial charge in [-0.15, -0.1) is 11.8 Å². The van der Waals surface area contributed by atoms with Gasteiger partial charge in [0.25, 0.3) is 5.91 Å². The Hall–Kier alpha value is -2.18. The maximum atomic E-state index is 13.7. The van der Waals surface area contributed by atoms with E-state index in [1.54, 1.807) is 18.9 Å². The third-order valence-corrected chi connectivity index (χ3v) is 6.90. The lowest BCUT2D eigenvalue weighted by Gasteiger charge is -2.26. The Kier molecular flexibility index (Phi) is 6.01. The quantitative estimate of drug-likeness (QED) is 0.464. The molecule has 0 bridgehead atoms. The number of nitrogens with zero attached hydrogens (tertiary/aromatic N) is 1. The molecule has 0 aliphatic carbocycles. The number of thioether (sulfide) groups is 1. The third kappa shape index (κ3) is 3.83. The lowest BCUT2D eigenvalue weighted by atomic mass is 10.0. The van der Waals surface area contributed by atoms with Crippen molar-refractivity contribution in [3.8, 4) is 11.5 Å². The van der Waals surface area contributed by atoms with Crippen LogP contribution in [0.1, 0.15) is 28.2 Å². The molecule has 0 N–H and O–H groups in total. The van der Waals surface area contributed by atoms with Crippen LogP contribution in [0.15, 0.2) is 59.1 Å². The van der Waals surface area contributed by atoms with Crippen LogP contribution in [0.3, 0.4) is 0 Å². The van der Waals surface area contributed by atoms with Gasteiger partial charge in [-0.25, -0.2) is 0 Å². The first-order valence-electron chi connectivity index (χ1n) is 9.54. The van der Waals surface area contributed by atoms with Crippen molar-refractivity contribution < 1.29 is 14.3 Å². The summed E-state index contributed by atoms with van der Waals surface area (Å²) in [6.07, 6.45) is 0. The number of ether oxygens (including phenoxy) is 2. The van der Waals surface area contributed by atoms with Crippen LogP contribution in [0.2, 0.25) is 0 Å². The molecule has 3 aromatic rings. The van der Waals surface area contributed by atoms with Crippen molar-refractivity contribution in [2.45, 2.75) is 12.3 Å². The predicted octanol–water partition coefficient (Wildman–Crippen LogP) is 5.90. The summed E-state index contributed by atoms with van der Waals surface area (Å²) >= 11 is 5.34. The van der Waals surface area contributed by atoms with Crippen LogP contribution >= 0.6 is 27.7 Å². The van der Waals surface area contributed by atoms with Gasteiger partial charge in [0.2, 0.25) is 0 Å². The summed E-state index contributed by atoms with van der Waals surface area (Å²) in [4.78, 5) is 15.7. The predicted molar refractivity (Wildman–Crippen MR) is 122 cm³/mol. The van der Waals surface area contributed by atoms with E-state index in [1.807, 2.05) is 66.4 Å². The molecule has 0 spiro atoms. The van der Waals surface area contributed by atoms with E-state index in [9.17, 15) is 4.79 Å². The van der Waals surface area contributed by atoms with E-state index in [1.165, 1.54) is 0 Å². The van der Waals surface area contributed by atoms with Crippen LogP contribution in [0, 0.1) is 0 Å². The molecule has 1 unspecified atom stereocenters. The summed E-state index contributed by atoms with van der Waals surface area (Å²) in [7, 11) is 1.65. The standard InChI is InChI=1S/C23H22BrNO3S/c1-3-28-20-11-8-15-6-4-5-7-17(15)21(20)22(26)25-12-13-29-23(25)16-9-10-19(27-2)18(24)14-16/h4-11,14,23H,3,12-13H2,1-2H3. The van der Waals surface area contributed by atoms with Crippen molar-refractivity contribution in [3.63, 3.8) is 0 Å². The maximum absolute atomic E-state index is 13.7. The largest absolute Gasteiger partial charge is 0.496 e. The van der Waals surface area contributed by atoms with Gasteiger partial charge >= 0.3 is 0 Å². The van der Waals surface area contributed by atoms with Crippen LogP contribution in [0.5, 0.6) is 11.5 Å². The zero-order valence-corrected chi connectivity index (χ0v) is 18.8. The summed E-state index contributed by atoms with van der Waals surface area (Å²) in [5.41, 5.74) is 1.72. The van der Waals surface area contributed by atoms with E-state index in [-0.39, 0.29) is 11.3 Å². The van der Waals surface area contributed by atoms with Gasteiger partial charge in [-0.1, -0.05) is 36.4 Å². The molecular weight excluding hydrogens is 450 g/mol. The van der Waals surface area contributed by atoms with Gasteiger partial charge in [0.15, 0.2) is 0 Å². The Labute approximate surface area is 183 Å². The van der Waals surface area contributed by atoms with Crippen LogP contribution in [-0.2, 0) is 0 Å². The SMILES string of the molecule is CCOc1ccc2ccccc2c1C(=O)N1CCSC1c1ccc(OC)c(Br)c1. The fourth-order valence-electron chi connectivity index (χ4n) is 3.68. The maximum Gasteiger partial charge on any atom is 0.259 e. The Morgan fingerprint density at radius 2 is 1.97 bits per heavy atom. The molecule has 1 aliphatic rings. The fraction of sp³-hybridized carbons (Fsp3) is 0.261.